The zero-order chi connectivity index (χ0) is 26.0. The second kappa shape index (κ2) is 10.6. The van der Waals surface area contributed by atoms with Crippen molar-refractivity contribution < 1.29 is 27.1 Å². The van der Waals surface area contributed by atoms with E-state index in [1.807, 2.05) is 11.8 Å². The first-order valence-electron chi connectivity index (χ1n) is 12.1. The molecule has 0 aliphatic carbocycles. The predicted octanol–water partition coefficient (Wildman–Crippen LogP) is 3.01. The second-order valence-electron chi connectivity index (χ2n) is 9.26. The van der Waals surface area contributed by atoms with Gasteiger partial charge in [-0.1, -0.05) is 0 Å². The number of carbonyl (C=O) groups excluding carboxylic acids is 2. The number of anilines is 2. The molecule has 0 saturated carbocycles. The van der Waals surface area contributed by atoms with Crippen LogP contribution in [0.1, 0.15) is 41.0 Å². The molecule has 2 aliphatic rings. The van der Waals surface area contributed by atoms with E-state index >= 15 is 0 Å². The lowest BCUT2D eigenvalue weighted by molar-refractivity contribution is 0.0744. The Morgan fingerprint density at radius 3 is 2.31 bits per heavy atom. The number of benzene rings is 2. The fourth-order valence-electron chi connectivity index (χ4n) is 4.81. The number of ketones is 1. The van der Waals surface area contributed by atoms with E-state index in [9.17, 15) is 22.4 Å². The zero-order valence-electron chi connectivity index (χ0n) is 20.9. The van der Waals surface area contributed by atoms with Gasteiger partial charge in [0.2, 0.25) is 0 Å². The number of rotatable bonds is 7. The van der Waals surface area contributed by atoms with Gasteiger partial charge >= 0.3 is 0 Å². The van der Waals surface area contributed by atoms with E-state index < -0.39 is 15.7 Å². The van der Waals surface area contributed by atoms with E-state index in [1.54, 1.807) is 29.2 Å². The molecule has 4 rings (SSSR count). The first-order chi connectivity index (χ1) is 17.1. The quantitative estimate of drug-likeness (QED) is 0.522. The van der Waals surface area contributed by atoms with Gasteiger partial charge in [-0.05, 0) is 56.7 Å². The highest BCUT2D eigenvalue weighted by Crippen LogP contribution is 2.30. The maximum Gasteiger partial charge on any atom is 0.256 e. The molecule has 194 valence electrons. The third-order valence-corrected chi connectivity index (χ3v) is 7.89. The van der Waals surface area contributed by atoms with Gasteiger partial charge in [-0.3, -0.25) is 9.59 Å². The van der Waals surface area contributed by atoms with E-state index in [0.717, 1.165) is 12.7 Å². The molecule has 2 fully saturated rings. The lowest BCUT2D eigenvalue weighted by atomic mass is 10.1. The molecule has 0 N–H and O–H groups in total. The second-order valence-corrected chi connectivity index (χ2v) is 11.3. The smallest absolute Gasteiger partial charge is 0.256 e. The Balaban J connectivity index is 1.54. The van der Waals surface area contributed by atoms with Crippen LogP contribution in [-0.2, 0) is 14.6 Å². The van der Waals surface area contributed by atoms with Crippen LogP contribution in [0, 0.1) is 5.82 Å². The summed E-state index contributed by atoms with van der Waals surface area (Å²) in [6, 6.07) is 9.16. The van der Waals surface area contributed by atoms with Crippen molar-refractivity contribution in [1.29, 1.82) is 0 Å². The summed E-state index contributed by atoms with van der Waals surface area (Å²) in [4.78, 5) is 30.9. The Bertz CT molecular complexity index is 1260. The van der Waals surface area contributed by atoms with Crippen molar-refractivity contribution >= 4 is 32.9 Å². The van der Waals surface area contributed by atoms with Crippen molar-refractivity contribution in [1.82, 2.24) is 4.90 Å². The molecular formula is C26H32FN3O5S. The molecule has 10 heteroatoms. The van der Waals surface area contributed by atoms with Crippen molar-refractivity contribution in [2.75, 3.05) is 61.9 Å². The fourth-order valence-corrected chi connectivity index (χ4v) is 5.46. The molecule has 36 heavy (non-hydrogen) atoms. The maximum atomic E-state index is 14.6. The summed E-state index contributed by atoms with van der Waals surface area (Å²) in [6.45, 7) is 6.85. The highest BCUT2D eigenvalue weighted by atomic mass is 32.2. The van der Waals surface area contributed by atoms with Gasteiger partial charge in [-0.15, -0.1) is 0 Å². The predicted molar refractivity (Wildman–Crippen MR) is 136 cm³/mol. The van der Waals surface area contributed by atoms with Crippen LogP contribution in [0.2, 0.25) is 0 Å². The molecule has 2 aromatic carbocycles. The van der Waals surface area contributed by atoms with Gasteiger partial charge < -0.3 is 19.4 Å². The van der Waals surface area contributed by atoms with Crippen LogP contribution in [0.4, 0.5) is 15.8 Å². The number of Topliss-reactive ketones (excluding diaryl/α,β-unsaturated/α-hetero) is 1. The number of amides is 1. The van der Waals surface area contributed by atoms with Crippen LogP contribution in [0.5, 0.6) is 0 Å². The van der Waals surface area contributed by atoms with Crippen molar-refractivity contribution in [3.8, 4) is 0 Å². The fraction of sp³-hybridized carbons (Fsp3) is 0.462. The SMILES string of the molecule is CCO[C@@H]1CCN(c2ccc(S(C)(=O)=O)cc2C(=O)N2CCN(c3ccc(C(C)=O)cc3F)CC2)C1. The van der Waals surface area contributed by atoms with E-state index in [4.69, 9.17) is 4.74 Å². The van der Waals surface area contributed by atoms with E-state index in [2.05, 4.69) is 4.90 Å². The lowest BCUT2D eigenvalue weighted by Crippen LogP contribution is -2.49. The highest BCUT2D eigenvalue weighted by Gasteiger charge is 2.30. The molecule has 2 aromatic rings. The number of carbonyl (C=O) groups is 2. The topological polar surface area (TPSA) is 87.2 Å². The van der Waals surface area contributed by atoms with Crippen molar-refractivity contribution in [2.24, 2.45) is 0 Å². The first kappa shape index (κ1) is 26.1. The van der Waals surface area contributed by atoms with Gasteiger partial charge in [-0.2, -0.15) is 0 Å². The maximum absolute atomic E-state index is 14.6. The number of piperazine rings is 1. The van der Waals surface area contributed by atoms with Crippen LogP contribution in [0.3, 0.4) is 0 Å². The van der Waals surface area contributed by atoms with Gasteiger partial charge in [0.15, 0.2) is 15.6 Å². The molecule has 1 amide bonds. The van der Waals surface area contributed by atoms with Crippen LogP contribution in [0.25, 0.3) is 0 Å². The monoisotopic (exact) mass is 517 g/mol. The molecule has 2 saturated heterocycles. The molecule has 2 heterocycles. The van der Waals surface area contributed by atoms with E-state index in [1.165, 1.54) is 19.1 Å². The van der Waals surface area contributed by atoms with Gasteiger partial charge in [-0.25, -0.2) is 12.8 Å². The summed E-state index contributed by atoms with van der Waals surface area (Å²) < 4.78 is 44.8. The number of sulfone groups is 1. The van der Waals surface area contributed by atoms with Crippen molar-refractivity contribution in [3.05, 3.63) is 53.3 Å². The molecule has 2 aliphatic heterocycles. The van der Waals surface area contributed by atoms with Crippen LogP contribution < -0.4 is 9.80 Å². The van der Waals surface area contributed by atoms with Crippen LogP contribution in [0.15, 0.2) is 41.3 Å². The Morgan fingerprint density at radius 2 is 1.69 bits per heavy atom. The zero-order valence-corrected chi connectivity index (χ0v) is 21.7. The van der Waals surface area contributed by atoms with E-state index in [0.29, 0.717) is 68.4 Å². The number of hydrogen-bond donors (Lipinski definition) is 0. The molecule has 0 spiro atoms. The largest absolute Gasteiger partial charge is 0.377 e. The first-order valence-corrected chi connectivity index (χ1v) is 14.0. The normalized spacial score (nSPS) is 18.6. The number of ether oxygens (including phenoxy) is 1. The summed E-state index contributed by atoms with van der Waals surface area (Å²) >= 11 is 0. The Labute approximate surface area is 211 Å². The molecule has 0 aromatic heterocycles. The van der Waals surface area contributed by atoms with Crippen molar-refractivity contribution in [2.45, 2.75) is 31.3 Å². The van der Waals surface area contributed by atoms with Gasteiger partial charge in [0.1, 0.15) is 5.82 Å². The number of halogens is 1. The van der Waals surface area contributed by atoms with Gasteiger partial charge in [0.25, 0.3) is 5.91 Å². The Morgan fingerprint density at radius 1 is 1.00 bits per heavy atom. The Kier molecular flexibility index (Phi) is 7.65. The van der Waals surface area contributed by atoms with Gasteiger partial charge in [0, 0.05) is 63.4 Å². The average Bonchev–Trinajstić information content (AvgIpc) is 3.31. The minimum atomic E-state index is -3.50. The van der Waals surface area contributed by atoms with Crippen molar-refractivity contribution in [3.63, 3.8) is 0 Å². The molecule has 0 unspecified atom stereocenters. The summed E-state index contributed by atoms with van der Waals surface area (Å²) in [5, 5.41) is 0. The molecular weight excluding hydrogens is 485 g/mol. The standard InChI is InChI=1S/C26H32FN3O5S/c1-4-35-20-9-10-30(17-20)24-8-6-21(36(3,33)34)16-22(24)26(32)29-13-11-28(12-14-29)25-7-5-19(18(2)31)15-23(25)27/h5-8,15-16,20H,4,9-14,17H2,1-3H3/t20-/m1/s1. The van der Waals surface area contributed by atoms with Crippen LogP contribution >= 0.6 is 0 Å². The average molecular weight is 518 g/mol. The molecule has 0 bridgehead atoms. The summed E-state index contributed by atoms with van der Waals surface area (Å²) in [6.07, 6.45) is 2.03. The molecule has 1 atom stereocenters. The molecule has 0 radical (unpaired) electrons. The summed E-state index contributed by atoms with van der Waals surface area (Å²) in [7, 11) is -3.50. The minimum Gasteiger partial charge on any atom is -0.377 e. The third kappa shape index (κ3) is 5.54. The third-order valence-electron chi connectivity index (χ3n) is 6.78. The number of hydrogen-bond acceptors (Lipinski definition) is 7. The number of nitrogens with zero attached hydrogens (tertiary/aromatic N) is 3. The van der Waals surface area contributed by atoms with Gasteiger partial charge in [0.05, 0.1) is 22.3 Å². The summed E-state index contributed by atoms with van der Waals surface area (Å²) in [5.74, 6) is -0.917. The van der Waals surface area contributed by atoms with Crippen LogP contribution in [-0.4, -0.2) is 83.2 Å². The minimum absolute atomic E-state index is 0.0698. The lowest BCUT2D eigenvalue weighted by Gasteiger charge is -2.37. The van der Waals surface area contributed by atoms with E-state index in [-0.39, 0.29) is 22.7 Å². The highest BCUT2D eigenvalue weighted by molar-refractivity contribution is 7.90. The summed E-state index contributed by atoms with van der Waals surface area (Å²) in [5.41, 5.74) is 1.76. The molecule has 8 nitrogen and oxygen atoms in total. The Hall–Kier alpha value is -2.98.